The average Bonchev–Trinajstić information content (AvgIpc) is 2.78. The number of pyridine rings is 1. The summed E-state index contributed by atoms with van der Waals surface area (Å²) in [5.74, 6) is -1.91. The fourth-order valence-electron chi connectivity index (χ4n) is 2.14. The fraction of sp³-hybridized carbons (Fsp3) is 0. The molecular weight excluding hydrogens is 316 g/mol. The van der Waals surface area contributed by atoms with E-state index in [-0.39, 0.29) is 20.9 Å². The van der Waals surface area contributed by atoms with Gasteiger partial charge in [0.15, 0.2) is 0 Å². The molecule has 0 fully saturated rings. The van der Waals surface area contributed by atoms with E-state index in [1.54, 1.807) is 0 Å². The summed E-state index contributed by atoms with van der Waals surface area (Å²) in [6.45, 7) is 0. The van der Waals surface area contributed by atoms with E-state index < -0.39 is 27.8 Å². The largest absolute Gasteiger partial charge is 0.392 e. The van der Waals surface area contributed by atoms with Gasteiger partial charge in [0, 0.05) is 11.5 Å². The van der Waals surface area contributed by atoms with Gasteiger partial charge >= 0.3 is 5.00 Å². The molecule has 0 bridgehead atoms. The van der Waals surface area contributed by atoms with Crippen LogP contribution < -0.4 is 11.3 Å². The summed E-state index contributed by atoms with van der Waals surface area (Å²) >= 11 is 0.591. The lowest BCUT2D eigenvalue weighted by atomic mass is 10.2. The van der Waals surface area contributed by atoms with Crippen LogP contribution in [-0.2, 0) is 0 Å². The van der Waals surface area contributed by atoms with Crippen molar-refractivity contribution in [2.75, 3.05) is 5.73 Å². The van der Waals surface area contributed by atoms with Crippen molar-refractivity contribution in [3.63, 3.8) is 0 Å². The molecule has 0 spiro atoms. The summed E-state index contributed by atoms with van der Waals surface area (Å²) in [4.78, 5) is 22.3. The second-order valence-corrected chi connectivity index (χ2v) is 5.35. The number of aromatic nitrogens is 1. The summed E-state index contributed by atoms with van der Waals surface area (Å²) in [7, 11) is 0. The molecule has 3 rings (SSSR count). The molecule has 0 aliphatic rings. The Labute approximate surface area is 125 Å². The van der Waals surface area contributed by atoms with Crippen molar-refractivity contribution in [2.24, 2.45) is 0 Å². The van der Waals surface area contributed by atoms with Gasteiger partial charge in [0.2, 0.25) is 0 Å². The molecule has 2 N–H and O–H groups in total. The Morgan fingerprint density at radius 3 is 2.41 bits per heavy atom. The van der Waals surface area contributed by atoms with Crippen LogP contribution in [0.15, 0.2) is 35.1 Å². The standard InChI is InChI=1S/C13H7F2N3O3S/c14-7-2-1-3-8(15)11(7)17-9(19)5-4-6-10(16)13(18(20)21)22-12(6)17/h1-5H,16H2. The number of nitrogens with two attached hydrogens (primary N) is 1. The average molecular weight is 323 g/mol. The number of fused-ring (bicyclic) bond motifs is 1. The monoisotopic (exact) mass is 323 g/mol. The van der Waals surface area contributed by atoms with Gasteiger partial charge in [0.05, 0.1) is 4.92 Å². The van der Waals surface area contributed by atoms with Crippen molar-refractivity contribution in [1.82, 2.24) is 4.57 Å². The number of para-hydroxylation sites is 1. The number of halogens is 2. The highest BCUT2D eigenvalue weighted by Gasteiger charge is 2.24. The molecule has 3 aromatic rings. The molecule has 9 heteroatoms. The van der Waals surface area contributed by atoms with Crippen molar-refractivity contribution < 1.29 is 13.7 Å². The molecule has 2 aromatic heterocycles. The number of rotatable bonds is 2. The SMILES string of the molecule is Nc1c([N+](=O)[O-])sc2c1ccc(=O)n2-c1c(F)cccc1F. The van der Waals surface area contributed by atoms with Crippen LogP contribution in [0, 0.1) is 21.7 Å². The maximum Gasteiger partial charge on any atom is 0.349 e. The molecule has 6 nitrogen and oxygen atoms in total. The van der Waals surface area contributed by atoms with Gasteiger partial charge in [-0.1, -0.05) is 6.07 Å². The van der Waals surface area contributed by atoms with Crippen molar-refractivity contribution in [1.29, 1.82) is 0 Å². The molecule has 0 unspecified atom stereocenters. The Morgan fingerprint density at radius 1 is 1.18 bits per heavy atom. The summed E-state index contributed by atoms with van der Waals surface area (Å²) in [5, 5.41) is 10.8. The number of anilines is 1. The highest BCUT2D eigenvalue weighted by atomic mass is 32.1. The zero-order valence-electron chi connectivity index (χ0n) is 10.7. The van der Waals surface area contributed by atoms with Crippen molar-refractivity contribution >= 4 is 32.2 Å². The van der Waals surface area contributed by atoms with E-state index in [0.29, 0.717) is 11.3 Å². The molecule has 2 heterocycles. The quantitative estimate of drug-likeness (QED) is 0.580. The van der Waals surface area contributed by atoms with Crippen LogP contribution in [0.25, 0.3) is 15.9 Å². The second kappa shape index (κ2) is 4.88. The minimum atomic E-state index is -0.954. The predicted molar refractivity (Wildman–Crippen MR) is 78.4 cm³/mol. The van der Waals surface area contributed by atoms with E-state index in [1.807, 2.05) is 0 Å². The number of nitrogen functional groups attached to an aromatic ring is 1. The summed E-state index contributed by atoms with van der Waals surface area (Å²) < 4.78 is 28.7. The van der Waals surface area contributed by atoms with E-state index in [4.69, 9.17) is 5.73 Å². The molecule has 0 aliphatic heterocycles. The Bertz CT molecular complexity index is 960. The Hall–Kier alpha value is -2.81. The van der Waals surface area contributed by atoms with E-state index in [2.05, 4.69) is 0 Å². The zero-order chi connectivity index (χ0) is 16.0. The minimum Gasteiger partial charge on any atom is -0.392 e. The molecule has 0 atom stereocenters. The maximum atomic E-state index is 13.9. The van der Waals surface area contributed by atoms with Gasteiger partial charge in [0.1, 0.15) is 27.8 Å². The highest BCUT2D eigenvalue weighted by Crippen LogP contribution is 2.39. The third kappa shape index (κ3) is 1.94. The van der Waals surface area contributed by atoms with Crippen LogP contribution in [-0.4, -0.2) is 9.49 Å². The van der Waals surface area contributed by atoms with Crippen LogP contribution >= 0.6 is 11.3 Å². The Morgan fingerprint density at radius 2 is 1.82 bits per heavy atom. The Kier molecular flexibility index (Phi) is 3.14. The van der Waals surface area contributed by atoms with Gasteiger partial charge in [-0.3, -0.25) is 19.5 Å². The van der Waals surface area contributed by atoms with Gasteiger partial charge in [-0.25, -0.2) is 8.78 Å². The van der Waals surface area contributed by atoms with Crippen molar-refractivity contribution in [3.05, 3.63) is 62.4 Å². The normalized spacial score (nSPS) is 11.0. The number of nitrogens with zero attached hydrogens (tertiary/aromatic N) is 2. The minimum absolute atomic E-state index is 0.0145. The van der Waals surface area contributed by atoms with Crippen LogP contribution in [0.4, 0.5) is 19.5 Å². The summed E-state index contributed by atoms with van der Waals surface area (Å²) in [6.07, 6.45) is 0. The first-order valence-corrected chi connectivity index (χ1v) is 6.76. The maximum absolute atomic E-state index is 13.9. The number of thiophene rings is 1. The number of benzene rings is 1. The molecule has 1 aromatic carbocycles. The van der Waals surface area contributed by atoms with E-state index in [0.717, 1.165) is 28.8 Å². The first kappa shape index (κ1) is 14.1. The van der Waals surface area contributed by atoms with Crippen LogP contribution in [0.5, 0.6) is 0 Å². The molecule has 22 heavy (non-hydrogen) atoms. The fourth-order valence-corrected chi connectivity index (χ4v) is 3.18. The number of nitro groups is 1. The lowest BCUT2D eigenvalue weighted by molar-refractivity contribution is -0.379. The van der Waals surface area contributed by atoms with Crippen LogP contribution in [0.1, 0.15) is 0 Å². The third-order valence-electron chi connectivity index (χ3n) is 3.09. The van der Waals surface area contributed by atoms with Crippen molar-refractivity contribution in [2.45, 2.75) is 0 Å². The summed E-state index contributed by atoms with van der Waals surface area (Å²) in [5.41, 5.74) is 4.23. The van der Waals surface area contributed by atoms with Crippen molar-refractivity contribution in [3.8, 4) is 5.69 Å². The molecular formula is C13H7F2N3O3S. The van der Waals surface area contributed by atoms with Gasteiger partial charge in [-0.15, -0.1) is 0 Å². The molecule has 0 amide bonds. The van der Waals surface area contributed by atoms with Crippen LogP contribution in [0.3, 0.4) is 0 Å². The molecule has 0 aliphatic carbocycles. The molecule has 112 valence electrons. The molecule has 0 radical (unpaired) electrons. The van der Waals surface area contributed by atoms with Gasteiger partial charge in [-0.05, 0) is 29.5 Å². The first-order chi connectivity index (χ1) is 10.4. The van der Waals surface area contributed by atoms with Gasteiger partial charge < -0.3 is 5.73 Å². The number of hydrogen-bond acceptors (Lipinski definition) is 5. The van der Waals surface area contributed by atoms with Gasteiger partial charge in [-0.2, -0.15) is 0 Å². The molecule has 0 saturated heterocycles. The molecule has 0 saturated carbocycles. The topological polar surface area (TPSA) is 91.2 Å². The van der Waals surface area contributed by atoms with E-state index in [1.165, 1.54) is 6.07 Å². The first-order valence-electron chi connectivity index (χ1n) is 5.94. The second-order valence-electron chi connectivity index (χ2n) is 4.37. The number of hydrogen-bond donors (Lipinski definition) is 1. The van der Waals surface area contributed by atoms with Gasteiger partial charge in [0.25, 0.3) is 5.56 Å². The lowest BCUT2D eigenvalue weighted by Crippen LogP contribution is -2.19. The van der Waals surface area contributed by atoms with E-state index >= 15 is 0 Å². The predicted octanol–water partition coefficient (Wildman–Crippen LogP) is 2.82. The lowest BCUT2D eigenvalue weighted by Gasteiger charge is -2.09. The smallest absolute Gasteiger partial charge is 0.349 e. The van der Waals surface area contributed by atoms with Crippen LogP contribution in [0.2, 0.25) is 0 Å². The van der Waals surface area contributed by atoms with E-state index in [9.17, 15) is 23.7 Å². The summed E-state index contributed by atoms with van der Waals surface area (Å²) in [6, 6.07) is 5.50. The zero-order valence-corrected chi connectivity index (χ0v) is 11.6. The highest BCUT2D eigenvalue weighted by molar-refractivity contribution is 7.22. The third-order valence-corrected chi connectivity index (χ3v) is 4.25. The Balaban J connectivity index is 2.49.